The molecular weight excluding hydrogens is 280 g/mol. The van der Waals surface area contributed by atoms with Gasteiger partial charge in [-0.25, -0.2) is 4.98 Å². The first-order valence-electron chi connectivity index (χ1n) is 7.39. The summed E-state index contributed by atoms with van der Waals surface area (Å²) in [5.41, 5.74) is 1.82. The molecule has 0 saturated carbocycles. The van der Waals surface area contributed by atoms with E-state index in [-0.39, 0.29) is 0 Å². The van der Waals surface area contributed by atoms with Crippen LogP contribution in [0.5, 0.6) is 0 Å². The van der Waals surface area contributed by atoms with Gasteiger partial charge in [0.2, 0.25) is 0 Å². The first-order valence-corrected chi connectivity index (χ1v) is 8.27. The van der Waals surface area contributed by atoms with Crippen molar-refractivity contribution in [3.8, 4) is 0 Å². The summed E-state index contributed by atoms with van der Waals surface area (Å²) < 4.78 is 5.80. The van der Waals surface area contributed by atoms with Gasteiger partial charge in [-0.2, -0.15) is 0 Å². The monoisotopic (exact) mass is 300 g/mol. The van der Waals surface area contributed by atoms with E-state index in [0.29, 0.717) is 6.04 Å². The number of nitrogens with one attached hydrogen (secondary N) is 1. The van der Waals surface area contributed by atoms with Crippen LogP contribution in [-0.2, 0) is 12.8 Å². The van der Waals surface area contributed by atoms with E-state index < -0.39 is 0 Å². The molecule has 1 N–H and O–H groups in total. The molecule has 0 amide bonds. The highest BCUT2D eigenvalue weighted by molar-refractivity contribution is 7.09. The van der Waals surface area contributed by atoms with Crippen molar-refractivity contribution in [2.75, 3.05) is 7.05 Å². The third-order valence-electron chi connectivity index (χ3n) is 3.72. The van der Waals surface area contributed by atoms with Crippen molar-refractivity contribution < 1.29 is 4.42 Å². The largest absolute Gasteiger partial charge is 0.441 e. The summed E-state index contributed by atoms with van der Waals surface area (Å²) in [6.07, 6.45) is 4.32. The second-order valence-electron chi connectivity index (χ2n) is 5.24. The topological polar surface area (TPSA) is 38.1 Å². The molecule has 2 aromatic heterocycles. The lowest BCUT2D eigenvalue weighted by Gasteiger charge is -2.13. The lowest BCUT2D eigenvalue weighted by atomic mass is 10.1. The molecule has 1 atom stereocenters. The van der Waals surface area contributed by atoms with Crippen LogP contribution in [0.3, 0.4) is 0 Å². The molecule has 1 unspecified atom stereocenters. The van der Waals surface area contributed by atoms with Gasteiger partial charge < -0.3 is 9.73 Å². The molecule has 2 heterocycles. The summed E-state index contributed by atoms with van der Waals surface area (Å²) in [6.45, 7) is 0. The van der Waals surface area contributed by atoms with Crippen molar-refractivity contribution in [3.05, 3.63) is 52.5 Å². The van der Waals surface area contributed by atoms with Crippen molar-refractivity contribution >= 4 is 22.4 Å². The molecule has 3 aromatic rings. The number of rotatable bonds is 7. The molecule has 110 valence electrons. The third kappa shape index (κ3) is 3.71. The molecule has 1 aromatic carbocycles. The molecule has 0 aliphatic heterocycles. The smallest absolute Gasteiger partial charge is 0.197 e. The Balaban J connectivity index is 1.56. The fourth-order valence-electron chi connectivity index (χ4n) is 2.54. The second-order valence-corrected chi connectivity index (χ2v) is 6.27. The highest BCUT2D eigenvalue weighted by Crippen LogP contribution is 2.18. The van der Waals surface area contributed by atoms with Gasteiger partial charge in [-0.05, 0) is 49.9 Å². The number of fused-ring (bicyclic) bond motifs is 1. The number of aromatic nitrogens is 1. The lowest BCUT2D eigenvalue weighted by molar-refractivity contribution is 0.439. The fourth-order valence-corrected chi connectivity index (χ4v) is 3.30. The summed E-state index contributed by atoms with van der Waals surface area (Å²) in [4.78, 5) is 6.02. The van der Waals surface area contributed by atoms with E-state index in [1.807, 2.05) is 42.6 Å². The average Bonchev–Trinajstić information content (AvgIpc) is 3.14. The van der Waals surface area contributed by atoms with Gasteiger partial charge in [0.1, 0.15) is 5.52 Å². The predicted octanol–water partition coefficient (Wildman–Crippen LogP) is 4.04. The summed E-state index contributed by atoms with van der Waals surface area (Å²) in [5, 5.41) is 5.52. The highest BCUT2D eigenvalue weighted by Gasteiger charge is 2.12. The van der Waals surface area contributed by atoms with Crippen LogP contribution in [0.2, 0.25) is 0 Å². The number of likely N-dealkylation sites (N-methyl/N-ethyl adjacent to an activating group) is 1. The maximum absolute atomic E-state index is 5.80. The summed E-state index contributed by atoms with van der Waals surface area (Å²) >= 11 is 1.84. The average molecular weight is 300 g/mol. The Morgan fingerprint density at radius 1 is 1.24 bits per heavy atom. The van der Waals surface area contributed by atoms with Crippen molar-refractivity contribution in [3.63, 3.8) is 0 Å². The number of para-hydroxylation sites is 2. The zero-order valence-corrected chi connectivity index (χ0v) is 13.0. The van der Waals surface area contributed by atoms with Gasteiger partial charge in [-0.1, -0.05) is 18.2 Å². The minimum absolute atomic E-state index is 0.415. The van der Waals surface area contributed by atoms with Crippen LogP contribution >= 0.6 is 11.3 Å². The van der Waals surface area contributed by atoms with E-state index in [2.05, 4.69) is 27.8 Å². The minimum Gasteiger partial charge on any atom is -0.441 e. The number of hydrogen-bond acceptors (Lipinski definition) is 4. The zero-order valence-electron chi connectivity index (χ0n) is 12.2. The number of nitrogens with zero attached hydrogens (tertiary/aromatic N) is 1. The molecule has 0 aliphatic rings. The van der Waals surface area contributed by atoms with E-state index in [9.17, 15) is 0 Å². The Morgan fingerprint density at radius 3 is 2.90 bits per heavy atom. The third-order valence-corrected chi connectivity index (χ3v) is 4.66. The Morgan fingerprint density at radius 2 is 2.14 bits per heavy atom. The van der Waals surface area contributed by atoms with Gasteiger partial charge in [0.25, 0.3) is 0 Å². The Labute approximate surface area is 129 Å². The standard InChI is InChI=1S/C17H20N2OS/c1-18-13(6-4-7-14-8-5-11-21-14)12-17-19-15-9-2-3-10-16(15)20-17/h2-3,5,8-11,13,18H,4,6-7,12H2,1H3. The van der Waals surface area contributed by atoms with Crippen LogP contribution in [0.15, 0.2) is 46.2 Å². The lowest BCUT2D eigenvalue weighted by Crippen LogP contribution is -2.27. The quantitative estimate of drug-likeness (QED) is 0.715. The van der Waals surface area contributed by atoms with Crippen LogP contribution < -0.4 is 5.32 Å². The predicted molar refractivity (Wildman–Crippen MR) is 87.8 cm³/mol. The van der Waals surface area contributed by atoms with Gasteiger partial charge in [0, 0.05) is 17.3 Å². The van der Waals surface area contributed by atoms with Gasteiger partial charge in [-0.15, -0.1) is 11.3 Å². The van der Waals surface area contributed by atoms with E-state index in [1.54, 1.807) is 0 Å². The number of thiophene rings is 1. The Hall–Kier alpha value is -1.65. The number of aryl methyl sites for hydroxylation is 1. The Kier molecular flexibility index (Phi) is 4.68. The SMILES string of the molecule is CNC(CCCc1cccs1)Cc1nc2ccccc2o1. The van der Waals surface area contributed by atoms with Gasteiger partial charge >= 0.3 is 0 Å². The van der Waals surface area contributed by atoms with Crippen LogP contribution in [-0.4, -0.2) is 18.1 Å². The Bertz CT molecular complexity index is 642. The van der Waals surface area contributed by atoms with Gasteiger partial charge in [0.15, 0.2) is 11.5 Å². The van der Waals surface area contributed by atoms with E-state index in [1.165, 1.54) is 11.3 Å². The number of hydrogen-bond donors (Lipinski definition) is 1. The second kappa shape index (κ2) is 6.87. The molecule has 4 heteroatoms. The van der Waals surface area contributed by atoms with E-state index in [4.69, 9.17) is 4.42 Å². The van der Waals surface area contributed by atoms with Crippen LogP contribution in [0.1, 0.15) is 23.6 Å². The van der Waals surface area contributed by atoms with E-state index in [0.717, 1.165) is 36.3 Å². The van der Waals surface area contributed by atoms with Crippen molar-refractivity contribution in [1.29, 1.82) is 0 Å². The fraction of sp³-hybridized carbons (Fsp3) is 0.353. The van der Waals surface area contributed by atoms with Gasteiger partial charge in [0.05, 0.1) is 0 Å². The minimum atomic E-state index is 0.415. The summed E-state index contributed by atoms with van der Waals surface area (Å²) in [6, 6.07) is 12.7. The van der Waals surface area contributed by atoms with Crippen LogP contribution in [0.25, 0.3) is 11.1 Å². The molecule has 0 saturated heterocycles. The molecule has 21 heavy (non-hydrogen) atoms. The molecule has 0 radical (unpaired) electrons. The van der Waals surface area contributed by atoms with Crippen LogP contribution in [0, 0.1) is 0 Å². The maximum Gasteiger partial charge on any atom is 0.197 e. The summed E-state index contributed by atoms with van der Waals surface area (Å²) in [7, 11) is 2.01. The zero-order chi connectivity index (χ0) is 14.5. The van der Waals surface area contributed by atoms with Crippen molar-refractivity contribution in [1.82, 2.24) is 10.3 Å². The van der Waals surface area contributed by atoms with E-state index >= 15 is 0 Å². The molecular formula is C17H20N2OS. The first-order chi connectivity index (χ1) is 10.3. The maximum atomic E-state index is 5.80. The molecule has 0 fully saturated rings. The molecule has 0 aliphatic carbocycles. The molecule has 3 rings (SSSR count). The molecule has 0 spiro atoms. The van der Waals surface area contributed by atoms with Crippen molar-refractivity contribution in [2.45, 2.75) is 31.7 Å². The number of oxazole rings is 1. The molecule has 3 nitrogen and oxygen atoms in total. The van der Waals surface area contributed by atoms with Gasteiger partial charge in [-0.3, -0.25) is 0 Å². The highest BCUT2D eigenvalue weighted by atomic mass is 32.1. The number of benzene rings is 1. The molecule has 0 bridgehead atoms. The normalized spacial score (nSPS) is 12.8. The van der Waals surface area contributed by atoms with Crippen molar-refractivity contribution in [2.24, 2.45) is 0 Å². The first kappa shape index (κ1) is 14.3. The summed E-state index contributed by atoms with van der Waals surface area (Å²) in [5.74, 6) is 0.826. The van der Waals surface area contributed by atoms with Crippen LogP contribution in [0.4, 0.5) is 0 Å².